The molecular formula is C14H21N5O. The van der Waals surface area contributed by atoms with Gasteiger partial charge in [0, 0.05) is 32.2 Å². The smallest absolute Gasteiger partial charge is 0.257 e. The van der Waals surface area contributed by atoms with Gasteiger partial charge in [0.25, 0.3) is 5.88 Å². The van der Waals surface area contributed by atoms with Gasteiger partial charge in [0.1, 0.15) is 0 Å². The summed E-state index contributed by atoms with van der Waals surface area (Å²) in [7, 11) is 1.93. The minimum Gasteiger partial charge on any atom is -0.472 e. The second kappa shape index (κ2) is 6.88. The largest absolute Gasteiger partial charge is 0.472 e. The van der Waals surface area contributed by atoms with Crippen LogP contribution < -0.4 is 10.1 Å². The molecule has 2 aromatic heterocycles. The van der Waals surface area contributed by atoms with E-state index < -0.39 is 0 Å². The molecule has 0 radical (unpaired) electrons. The SMILES string of the molecule is CC(C)Oc1nccnc1NCCCc1cnn(C)c1. The first-order chi connectivity index (χ1) is 9.65. The third-order valence-corrected chi connectivity index (χ3v) is 2.71. The number of rotatable bonds is 7. The van der Waals surface area contributed by atoms with Gasteiger partial charge < -0.3 is 10.1 Å². The molecule has 6 heteroatoms. The summed E-state index contributed by atoms with van der Waals surface area (Å²) in [5, 5.41) is 7.42. The van der Waals surface area contributed by atoms with E-state index in [-0.39, 0.29) is 6.10 Å². The molecule has 2 rings (SSSR count). The summed E-state index contributed by atoms with van der Waals surface area (Å²) in [4.78, 5) is 8.46. The van der Waals surface area contributed by atoms with Crippen LogP contribution >= 0.6 is 0 Å². The summed E-state index contributed by atoms with van der Waals surface area (Å²) in [6, 6.07) is 0. The Hall–Kier alpha value is -2.11. The van der Waals surface area contributed by atoms with Gasteiger partial charge in [0.05, 0.1) is 12.3 Å². The maximum atomic E-state index is 5.61. The Labute approximate surface area is 119 Å². The molecule has 0 aliphatic rings. The van der Waals surface area contributed by atoms with E-state index in [0.29, 0.717) is 11.7 Å². The second-order valence-corrected chi connectivity index (χ2v) is 4.93. The molecule has 0 saturated carbocycles. The first-order valence-electron chi connectivity index (χ1n) is 6.84. The molecule has 0 saturated heterocycles. The highest BCUT2D eigenvalue weighted by Crippen LogP contribution is 2.18. The van der Waals surface area contributed by atoms with Crippen LogP contribution in [0.3, 0.4) is 0 Å². The molecule has 0 aliphatic carbocycles. The van der Waals surface area contributed by atoms with Crippen LogP contribution in [0.2, 0.25) is 0 Å². The molecule has 0 spiro atoms. The fraction of sp³-hybridized carbons (Fsp3) is 0.500. The van der Waals surface area contributed by atoms with Crippen LogP contribution in [0.1, 0.15) is 25.8 Å². The van der Waals surface area contributed by atoms with E-state index in [2.05, 4.69) is 20.4 Å². The number of aryl methyl sites for hydroxylation is 2. The third-order valence-electron chi connectivity index (χ3n) is 2.71. The molecule has 2 heterocycles. The first kappa shape index (κ1) is 14.3. The van der Waals surface area contributed by atoms with Gasteiger partial charge in [0.2, 0.25) is 0 Å². The van der Waals surface area contributed by atoms with Crippen LogP contribution in [0.25, 0.3) is 0 Å². The summed E-state index contributed by atoms with van der Waals surface area (Å²) in [6.07, 6.45) is 9.31. The van der Waals surface area contributed by atoms with Gasteiger partial charge in [-0.25, -0.2) is 9.97 Å². The number of nitrogens with one attached hydrogen (secondary N) is 1. The van der Waals surface area contributed by atoms with Crippen LogP contribution in [0, 0.1) is 0 Å². The summed E-state index contributed by atoms with van der Waals surface area (Å²) in [5.74, 6) is 1.26. The average molecular weight is 275 g/mol. The van der Waals surface area contributed by atoms with Crippen molar-refractivity contribution in [3.05, 3.63) is 30.4 Å². The molecule has 0 unspecified atom stereocenters. The topological polar surface area (TPSA) is 64.9 Å². The fourth-order valence-corrected chi connectivity index (χ4v) is 1.86. The lowest BCUT2D eigenvalue weighted by atomic mass is 10.2. The Morgan fingerprint density at radius 1 is 1.30 bits per heavy atom. The normalized spacial score (nSPS) is 10.8. The van der Waals surface area contributed by atoms with Gasteiger partial charge in [-0.2, -0.15) is 5.10 Å². The van der Waals surface area contributed by atoms with Crippen molar-refractivity contribution in [2.45, 2.75) is 32.8 Å². The number of nitrogens with zero attached hydrogens (tertiary/aromatic N) is 4. The van der Waals surface area contributed by atoms with Gasteiger partial charge >= 0.3 is 0 Å². The van der Waals surface area contributed by atoms with E-state index in [1.165, 1.54) is 5.56 Å². The Kier molecular flexibility index (Phi) is 4.92. The van der Waals surface area contributed by atoms with Crippen LogP contribution in [0.5, 0.6) is 5.88 Å². The summed E-state index contributed by atoms with van der Waals surface area (Å²) < 4.78 is 7.43. The van der Waals surface area contributed by atoms with Crippen LogP contribution in [0.4, 0.5) is 5.82 Å². The highest BCUT2D eigenvalue weighted by molar-refractivity contribution is 5.44. The molecule has 0 aromatic carbocycles. The van der Waals surface area contributed by atoms with E-state index in [0.717, 1.165) is 19.4 Å². The number of hydrogen-bond acceptors (Lipinski definition) is 5. The summed E-state index contributed by atoms with van der Waals surface area (Å²) >= 11 is 0. The fourth-order valence-electron chi connectivity index (χ4n) is 1.86. The van der Waals surface area contributed by atoms with Crippen molar-refractivity contribution in [1.82, 2.24) is 19.7 Å². The zero-order chi connectivity index (χ0) is 14.4. The molecular weight excluding hydrogens is 254 g/mol. The zero-order valence-corrected chi connectivity index (χ0v) is 12.2. The predicted molar refractivity (Wildman–Crippen MR) is 77.8 cm³/mol. The van der Waals surface area contributed by atoms with Crippen molar-refractivity contribution in [1.29, 1.82) is 0 Å². The molecule has 1 N–H and O–H groups in total. The Morgan fingerprint density at radius 2 is 2.10 bits per heavy atom. The number of aromatic nitrogens is 4. The minimum absolute atomic E-state index is 0.0858. The summed E-state index contributed by atoms with van der Waals surface area (Å²) in [5.41, 5.74) is 1.24. The lowest BCUT2D eigenvalue weighted by Gasteiger charge is -2.12. The molecule has 2 aromatic rings. The summed E-state index contributed by atoms with van der Waals surface area (Å²) in [6.45, 7) is 4.77. The molecule has 0 atom stereocenters. The first-order valence-corrected chi connectivity index (χ1v) is 6.84. The van der Waals surface area contributed by atoms with Crippen LogP contribution in [-0.2, 0) is 13.5 Å². The standard InChI is InChI=1S/C14H21N5O/c1-11(2)20-14-13(16-7-8-17-14)15-6-4-5-12-9-18-19(3)10-12/h7-11H,4-6H2,1-3H3,(H,15,16). The highest BCUT2D eigenvalue weighted by Gasteiger charge is 2.07. The number of anilines is 1. The van der Waals surface area contributed by atoms with Gasteiger partial charge in [-0.3, -0.25) is 4.68 Å². The molecule has 20 heavy (non-hydrogen) atoms. The molecule has 6 nitrogen and oxygen atoms in total. The van der Waals surface area contributed by atoms with E-state index >= 15 is 0 Å². The predicted octanol–water partition coefficient (Wildman–Crippen LogP) is 2.04. The van der Waals surface area contributed by atoms with Gasteiger partial charge in [0.15, 0.2) is 5.82 Å². The second-order valence-electron chi connectivity index (χ2n) is 4.93. The molecule has 0 amide bonds. The molecule has 0 fully saturated rings. The lowest BCUT2D eigenvalue weighted by Crippen LogP contribution is -2.12. The number of hydrogen-bond donors (Lipinski definition) is 1. The van der Waals surface area contributed by atoms with Crippen LogP contribution in [-0.4, -0.2) is 32.4 Å². The van der Waals surface area contributed by atoms with Gasteiger partial charge in [-0.1, -0.05) is 0 Å². The highest BCUT2D eigenvalue weighted by atomic mass is 16.5. The van der Waals surface area contributed by atoms with Gasteiger partial charge in [-0.05, 0) is 32.3 Å². The van der Waals surface area contributed by atoms with Gasteiger partial charge in [-0.15, -0.1) is 0 Å². The van der Waals surface area contributed by atoms with Crippen molar-refractivity contribution in [2.75, 3.05) is 11.9 Å². The maximum absolute atomic E-state index is 5.61. The average Bonchev–Trinajstić information content (AvgIpc) is 2.81. The Morgan fingerprint density at radius 3 is 2.80 bits per heavy atom. The Bertz CT molecular complexity index is 538. The molecule has 0 bridgehead atoms. The minimum atomic E-state index is 0.0858. The van der Waals surface area contributed by atoms with E-state index in [4.69, 9.17) is 4.74 Å². The maximum Gasteiger partial charge on any atom is 0.257 e. The van der Waals surface area contributed by atoms with Crippen molar-refractivity contribution in [3.8, 4) is 5.88 Å². The molecule has 0 aliphatic heterocycles. The third kappa shape index (κ3) is 4.22. The molecule has 108 valence electrons. The Balaban J connectivity index is 1.81. The van der Waals surface area contributed by atoms with E-state index in [9.17, 15) is 0 Å². The quantitative estimate of drug-likeness (QED) is 0.783. The monoisotopic (exact) mass is 275 g/mol. The van der Waals surface area contributed by atoms with Crippen molar-refractivity contribution < 1.29 is 4.74 Å². The van der Waals surface area contributed by atoms with Crippen LogP contribution in [0.15, 0.2) is 24.8 Å². The number of ether oxygens (including phenoxy) is 1. The van der Waals surface area contributed by atoms with E-state index in [1.807, 2.05) is 38.0 Å². The van der Waals surface area contributed by atoms with E-state index in [1.54, 1.807) is 12.4 Å². The van der Waals surface area contributed by atoms with Crippen molar-refractivity contribution in [2.24, 2.45) is 7.05 Å². The lowest BCUT2D eigenvalue weighted by molar-refractivity contribution is 0.233. The zero-order valence-electron chi connectivity index (χ0n) is 12.2. The van der Waals surface area contributed by atoms with Crippen molar-refractivity contribution >= 4 is 5.82 Å². The van der Waals surface area contributed by atoms with Crippen molar-refractivity contribution in [3.63, 3.8) is 0 Å².